The Kier molecular flexibility index (Phi) is 3.33. The molecule has 0 fully saturated rings. The molecular weight excluding hydrogens is 292 g/mol. The second kappa shape index (κ2) is 5.49. The lowest BCUT2D eigenvalue weighted by Crippen LogP contribution is -2.37. The van der Waals surface area contributed by atoms with Crippen molar-refractivity contribution in [1.82, 2.24) is 24.9 Å². The number of benzene rings is 1. The van der Waals surface area contributed by atoms with E-state index in [2.05, 4.69) is 48.9 Å². The molecule has 118 valence electrons. The minimum absolute atomic E-state index is 0.256. The summed E-state index contributed by atoms with van der Waals surface area (Å²) in [5.74, 6) is 3.14. The van der Waals surface area contributed by atoms with Gasteiger partial charge in [0.15, 0.2) is 5.82 Å². The van der Waals surface area contributed by atoms with Crippen LogP contribution in [0.3, 0.4) is 0 Å². The molecule has 3 heterocycles. The molecule has 2 aromatic heterocycles. The SMILES string of the molecule is Cc1nc(N2Cc3nnc(Cc4ccccc4)n3[C@@H](C)C2)no1. The Labute approximate surface area is 134 Å². The normalized spacial score (nSPS) is 17.3. The van der Waals surface area contributed by atoms with Crippen molar-refractivity contribution >= 4 is 5.95 Å². The van der Waals surface area contributed by atoms with Crippen LogP contribution in [0.15, 0.2) is 34.9 Å². The van der Waals surface area contributed by atoms with Gasteiger partial charge in [0.25, 0.3) is 5.95 Å². The Balaban J connectivity index is 1.61. The Bertz CT molecular complexity index is 809. The number of aryl methyl sites for hydroxylation is 1. The van der Waals surface area contributed by atoms with Crippen LogP contribution in [0.25, 0.3) is 0 Å². The van der Waals surface area contributed by atoms with Gasteiger partial charge in [-0.15, -0.1) is 10.2 Å². The number of nitrogens with zero attached hydrogens (tertiary/aromatic N) is 6. The fraction of sp³-hybridized carbons (Fsp3) is 0.375. The van der Waals surface area contributed by atoms with Crippen LogP contribution < -0.4 is 4.90 Å². The number of anilines is 1. The predicted octanol–water partition coefficient (Wildman–Crippen LogP) is 2.14. The van der Waals surface area contributed by atoms with Crippen LogP contribution in [0.2, 0.25) is 0 Å². The zero-order chi connectivity index (χ0) is 15.8. The number of hydrogen-bond donors (Lipinski definition) is 0. The molecule has 0 saturated heterocycles. The number of aromatic nitrogens is 5. The molecule has 1 aromatic carbocycles. The standard InChI is InChI=1S/C16H18N6O/c1-11-9-21(16-17-12(2)23-20-16)10-15-19-18-14(22(11)15)8-13-6-4-3-5-7-13/h3-7,11H,8-10H2,1-2H3/t11-/m0/s1. The number of rotatable bonds is 3. The summed E-state index contributed by atoms with van der Waals surface area (Å²) in [4.78, 5) is 6.39. The third-order valence-corrected chi connectivity index (χ3v) is 4.10. The van der Waals surface area contributed by atoms with Crippen molar-refractivity contribution in [3.63, 3.8) is 0 Å². The van der Waals surface area contributed by atoms with Gasteiger partial charge in [-0.3, -0.25) is 0 Å². The molecule has 1 aliphatic heterocycles. The van der Waals surface area contributed by atoms with Crippen molar-refractivity contribution in [3.8, 4) is 0 Å². The maximum Gasteiger partial charge on any atom is 0.266 e. The first kappa shape index (κ1) is 13.9. The lowest BCUT2D eigenvalue weighted by Gasteiger charge is -2.31. The molecule has 1 atom stereocenters. The fourth-order valence-corrected chi connectivity index (χ4v) is 3.08. The molecule has 0 N–H and O–H groups in total. The van der Waals surface area contributed by atoms with Crippen LogP contribution in [0.1, 0.15) is 36.1 Å². The Hall–Kier alpha value is -2.70. The van der Waals surface area contributed by atoms with Gasteiger partial charge in [0.2, 0.25) is 5.89 Å². The smallest absolute Gasteiger partial charge is 0.266 e. The highest BCUT2D eigenvalue weighted by molar-refractivity contribution is 5.31. The maximum absolute atomic E-state index is 5.08. The summed E-state index contributed by atoms with van der Waals surface area (Å²) in [7, 11) is 0. The van der Waals surface area contributed by atoms with Gasteiger partial charge in [-0.25, -0.2) is 0 Å². The van der Waals surface area contributed by atoms with E-state index in [0.717, 1.165) is 24.6 Å². The van der Waals surface area contributed by atoms with E-state index in [-0.39, 0.29) is 6.04 Å². The summed E-state index contributed by atoms with van der Waals surface area (Å²) in [6.07, 6.45) is 0.791. The van der Waals surface area contributed by atoms with Gasteiger partial charge in [-0.1, -0.05) is 30.3 Å². The van der Waals surface area contributed by atoms with Crippen LogP contribution >= 0.6 is 0 Å². The lowest BCUT2D eigenvalue weighted by atomic mass is 10.1. The molecule has 0 unspecified atom stereocenters. The fourth-order valence-electron chi connectivity index (χ4n) is 3.08. The molecule has 0 bridgehead atoms. The second-order valence-corrected chi connectivity index (χ2v) is 5.91. The van der Waals surface area contributed by atoms with Crippen molar-refractivity contribution in [2.75, 3.05) is 11.4 Å². The zero-order valence-corrected chi connectivity index (χ0v) is 13.2. The van der Waals surface area contributed by atoms with Gasteiger partial charge < -0.3 is 14.0 Å². The molecule has 3 aromatic rings. The Morgan fingerprint density at radius 1 is 1.22 bits per heavy atom. The van der Waals surface area contributed by atoms with Crippen LogP contribution in [0.5, 0.6) is 0 Å². The molecule has 23 heavy (non-hydrogen) atoms. The van der Waals surface area contributed by atoms with E-state index in [1.54, 1.807) is 6.92 Å². The van der Waals surface area contributed by atoms with E-state index in [1.807, 2.05) is 18.2 Å². The van der Waals surface area contributed by atoms with Crippen LogP contribution in [-0.4, -0.2) is 31.4 Å². The highest BCUT2D eigenvalue weighted by Crippen LogP contribution is 2.25. The molecule has 0 amide bonds. The predicted molar refractivity (Wildman–Crippen MR) is 84.1 cm³/mol. The average molecular weight is 310 g/mol. The monoisotopic (exact) mass is 310 g/mol. The van der Waals surface area contributed by atoms with Gasteiger partial charge in [0.1, 0.15) is 5.82 Å². The summed E-state index contributed by atoms with van der Waals surface area (Å²) in [6.45, 7) is 5.42. The minimum Gasteiger partial charge on any atom is -0.338 e. The molecule has 7 heteroatoms. The van der Waals surface area contributed by atoms with Gasteiger partial charge in [0, 0.05) is 19.9 Å². The molecule has 7 nitrogen and oxygen atoms in total. The molecule has 4 rings (SSSR count). The highest BCUT2D eigenvalue weighted by atomic mass is 16.5. The van der Waals surface area contributed by atoms with E-state index in [4.69, 9.17) is 4.52 Å². The van der Waals surface area contributed by atoms with E-state index < -0.39 is 0 Å². The molecule has 0 saturated carbocycles. The van der Waals surface area contributed by atoms with E-state index in [1.165, 1.54) is 5.56 Å². The average Bonchev–Trinajstić information content (AvgIpc) is 3.15. The van der Waals surface area contributed by atoms with Crippen LogP contribution in [0.4, 0.5) is 5.95 Å². The molecule has 1 aliphatic rings. The van der Waals surface area contributed by atoms with Crippen LogP contribution in [0, 0.1) is 6.92 Å². The van der Waals surface area contributed by atoms with Crippen molar-refractivity contribution in [2.24, 2.45) is 0 Å². The highest BCUT2D eigenvalue weighted by Gasteiger charge is 2.28. The summed E-state index contributed by atoms with van der Waals surface area (Å²) >= 11 is 0. The number of fused-ring (bicyclic) bond motifs is 1. The maximum atomic E-state index is 5.08. The van der Waals surface area contributed by atoms with Crippen molar-refractivity contribution < 1.29 is 4.52 Å². The van der Waals surface area contributed by atoms with Gasteiger partial charge >= 0.3 is 0 Å². The van der Waals surface area contributed by atoms with Gasteiger partial charge in [-0.2, -0.15) is 4.98 Å². The van der Waals surface area contributed by atoms with Gasteiger partial charge in [-0.05, 0) is 17.6 Å². The lowest BCUT2D eigenvalue weighted by molar-refractivity contribution is 0.387. The van der Waals surface area contributed by atoms with Gasteiger partial charge in [0.05, 0.1) is 12.6 Å². The summed E-state index contributed by atoms with van der Waals surface area (Å²) < 4.78 is 7.31. The Morgan fingerprint density at radius 3 is 2.78 bits per heavy atom. The second-order valence-electron chi connectivity index (χ2n) is 5.91. The quantitative estimate of drug-likeness (QED) is 0.738. The van der Waals surface area contributed by atoms with Crippen LogP contribution in [-0.2, 0) is 13.0 Å². The molecule has 0 spiro atoms. The Morgan fingerprint density at radius 2 is 2.04 bits per heavy atom. The first-order valence-corrected chi connectivity index (χ1v) is 7.72. The first-order valence-electron chi connectivity index (χ1n) is 7.72. The third-order valence-electron chi connectivity index (χ3n) is 4.10. The minimum atomic E-state index is 0.256. The number of hydrogen-bond acceptors (Lipinski definition) is 6. The summed E-state index contributed by atoms with van der Waals surface area (Å²) in [6, 6.07) is 10.6. The zero-order valence-electron chi connectivity index (χ0n) is 13.2. The summed E-state index contributed by atoms with van der Waals surface area (Å²) in [5, 5.41) is 12.8. The molecule has 0 radical (unpaired) electrons. The summed E-state index contributed by atoms with van der Waals surface area (Å²) in [5.41, 5.74) is 1.24. The topological polar surface area (TPSA) is 72.9 Å². The van der Waals surface area contributed by atoms with Crippen molar-refractivity contribution in [1.29, 1.82) is 0 Å². The molecule has 0 aliphatic carbocycles. The first-order chi connectivity index (χ1) is 11.2. The van der Waals surface area contributed by atoms with E-state index in [9.17, 15) is 0 Å². The largest absolute Gasteiger partial charge is 0.338 e. The van der Waals surface area contributed by atoms with Crippen molar-refractivity contribution in [2.45, 2.75) is 32.9 Å². The third kappa shape index (κ3) is 2.58. The van der Waals surface area contributed by atoms with Crippen molar-refractivity contribution in [3.05, 3.63) is 53.4 Å². The van der Waals surface area contributed by atoms with E-state index in [0.29, 0.717) is 18.4 Å². The van der Waals surface area contributed by atoms with E-state index >= 15 is 0 Å². The molecular formula is C16H18N6O.